The second-order valence-corrected chi connectivity index (χ2v) is 7.48. The SMILES string of the molecule is CCCCCCCCCCOc1ccc(/C=C(\C(=O)O)c2ccc(OC)cc2)cc1. The summed E-state index contributed by atoms with van der Waals surface area (Å²) in [6.45, 7) is 2.96. The fourth-order valence-electron chi connectivity index (χ4n) is 3.29. The molecule has 0 atom stereocenters. The van der Waals surface area contributed by atoms with Gasteiger partial charge in [0.2, 0.25) is 0 Å². The number of ether oxygens (including phenoxy) is 2. The van der Waals surface area contributed by atoms with E-state index in [1.807, 2.05) is 24.3 Å². The maximum absolute atomic E-state index is 11.7. The Balaban J connectivity index is 1.82. The quantitative estimate of drug-likeness (QED) is 0.210. The van der Waals surface area contributed by atoms with Crippen molar-refractivity contribution in [1.82, 2.24) is 0 Å². The van der Waals surface area contributed by atoms with Crippen molar-refractivity contribution < 1.29 is 19.4 Å². The van der Waals surface area contributed by atoms with Crippen LogP contribution in [0.4, 0.5) is 0 Å². The lowest BCUT2D eigenvalue weighted by Crippen LogP contribution is -2.00. The molecule has 162 valence electrons. The minimum absolute atomic E-state index is 0.241. The van der Waals surface area contributed by atoms with Gasteiger partial charge < -0.3 is 14.6 Å². The molecule has 0 aliphatic heterocycles. The van der Waals surface area contributed by atoms with Crippen LogP contribution in [0.3, 0.4) is 0 Å². The number of carbonyl (C=O) groups is 1. The van der Waals surface area contributed by atoms with Crippen molar-refractivity contribution in [2.75, 3.05) is 13.7 Å². The molecule has 0 bridgehead atoms. The number of hydrogen-bond acceptors (Lipinski definition) is 3. The van der Waals surface area contributed by atoms with Gasteiger partial charge in [-0.25, -0.2) is 4.79 Å². The lowest BCUT2D eigenvalue weighted by molar-refractivity contribution is -0.130. The first-order valence-electron chi connectivity index (χ1n) is 11.0. The van der Waals surface area contributed by atoms with E-state index in [2.05, 4.69) is 6.92 Å². The number of aliphatic carboxylic acids is 1. The minimum Gasteiger partial charge on any atom is -0.497 e. The number of methoxy groups -OCH3 is 1. The molecule has 0 aromatic heterocycles. The van der Waals surface area contributed by atoms with Crippen molar-refractivity contribution >= 4 is 17.6 Å². The van der Waals surface area contributed by atoms with Crippen LogP contribution >= 0.6 is 0 Å². The first-order valence-corrected chi connectivity index (χ1v) is 11.0. The number of unbranched alkanes of at least 4 members (excludes halogenated alkanes) is 7. The summed E-state index contributed by atoms with van der Waals surface area (Å²) in [6.07, 6.45) is 11.9. The maximum atomic E-state index is 11.7. The van der Waals surface area contributed by atoms with Gasteiger partial charge in [-0.05, 0) is 47.9 Å². The van der Waals surface area contributed by atoms with Crippen LogP contribution in [0, 0.1) is 0 Å². The third-order valence-corrected chi connectivity index (χ3v) is 5.09. The predicted octanol–water partition coefficient (Wildman–Crippen LogP) is 6.84. The van der Waals surface area contributed by atoms with E-state index in [1.165, 1.54) is 44.9 Å². The first kappa shape index (κ1) is 23.5. The average molecular weight is 411 g/mol. The van der Waals surface area contributed by atoms with E-state index < -0.39 is 5.97 Å². The Morgan fingerprint density at radius 1 is 0.833 bits per heavy atom. The Labute approximate surface area is 180 Å². The molecular weight excluding hydrogens is 376 g/mol. The summed E-state index contributed by atoms with van der Waals surface area (Å²) < 4.78 is 11.0. The number of carboxylic acid groups (broad SMARTS) is 1. The van der Waals surface area contributed by atoms with E-state index in [9.17, 15) is 9.90 Å². The molecule has 0 saturated carbocycles. The van der Waals surface area contributed by atoms with Crippen molar-refractivity contribution in [2.24, 2.45) is 0 Å². The molecular formula is C26H34O4. The summed E-state index contributed by atoms with van der Waals surface area (Å²) in [6, 6.07) is 14.6. The third kappa shape index (κ3) is 8.32. The molecule has 0 aliphatic rings. The molecule has 0 spiro atoms. The highest BCUT2D eigenvalue weighted by Gasteiger charge is 2.10. The summed E-state index contributed by atoms with van der Waals surface area (Å²) >= 11 is 0. The van der Waals surface area contributed by atoms with E-state index in [0.29, 0.717) is 11.3 Å². The third-order valence-electron chi connectivity index (χ3n) is 5.09. The molecule has 4 nitrogen and oxygen atoms in total. The second kappa shape index (κ2) is 13.5. The molecule has 2 rings (SSSR count). The summed E-state index contributed by atoms with van der Waals surface area (Å²) in [5.74, 6) is 0.549. The minimum atomic E-state index is -0.963. The molecule has 0 unspecified atom stereocenters. The second-order valence-electron chi connectivity index (χ2n) is 7.48. The fourth-order valence-corrected chi connectivity index (χ4v) is 3.29. The Hall–Kier alpha value is -2.75. The van der Waals surface area contributed by atoms with Gasteiger partial charge in [0.25, 0.3) is 0 Å². The highest BCUT2D eigenvalue weighted by molar-refractivity contribution is 6.20. The van der Waals surface area contributed by atoms with E-state index in [1.54, 1.807) is 37.5 Å². The van der Waals surface area contributed by atoms with Crippen LogP contribution in [-0.2, 0) is 4.79 Å². The van der Waals surface area contributed by atoms with Crippen molar-refractivity contribution in [2.45, 2.75) is 58.3 Å². The topological polar surface area (TPSA) is 55.8 Å². The normalized spacial score (nSPS) is 11.3. The van der Waals surface area contributed by atoms with Crippen LogP contribution in [0.5, 0.6) is 11.5 Å². The van der Waals surface area contributed by atoms with Crippen LogP contribution in [0.1, 0.15) is 69.4 Å². The van der Waals surface area contributed by atoms with Crippen LogP contribution in [0.15, 0.2) is 48.5 Å². The predicted molar refractivity (Wildman–Crippen MR) is 123 cm³/mol. The van der Waals surface area contributed by atoms with Gasteiger partial charge in [-0.3, -0.25) is 0 Å². The molecule has 0 fully saturated rings. The van der Waals surface area contributed by atoms with Gasteiger partial charge in [-0.1, -0.05) is 76.1 Å². The van der Waals surface area contributed by atoms with E-state index >= 15 is 0 Å². The van der Waals surface area contributed by atoms with Gasteiger partial charge in [0, 0.05) is 0 Å². The monoisotopic (exact) mass is 410 g/mol. The first-order chi connectivity index (χ1) is 14.6. The zero-order chi connectivity index (χ0) is 21.6. The van der Waals surface area contributed by atoms with Gasteiger partial charge in [0.15, 0.2) is 0 Å². The van der Waals surface area contributed by atoms with Crippen molar-refractivity contribution in [3.8, 4) is 11.5 Å². The number of hydrogen-bond donors (Lipinski definition) is 1. The summed E-state index contributed by atoms with van der Waals surface area (Å²) in [5, 5.41) is 9.59. The molecule has 1 N–H and O–H groups in total. The highest BCUT2D eigenvalue weighted by Crippen LogP contribution is 2.23. The van der Waals surface area contributed by atoms with E-state index in [4.69, 9.17) is 9.47 Å². The van der Waals surface area contributed by atoms with Gasteiger partial charge in [0.05, 0.1) is 19.3 Å². The zero-order valence-corrected chi connectivity index (χ0v) is 18.2. The van der Waals surface area contributed by atoms with Crippen LogP contribution in [0.25, 0.3) is 11.6 Å². The van der Waals surface area contributed by atoms with E-state index in [-0.39, 0.29) is 5.57 Å². The average Bonchev–Trinajstić information content (AvgIpc) is 2.77. The molecule has 0 saturated heterocycles. The number of carboxylic acids is 1. The number of benzene rings is 2. The largest absolute Gasteiger partial charge is 0.497 e. The molecule has 0 amide bonds. The Bertz CT molecular complexity index is 776. The molecule has 0 aliphatic carbocycles. The summed E-state index contributed by atoms with van der Waals surface area (Å²) in [7, 11) is 1.58. The lowest BCUT2D eigenvalue weighted by atomic mass is 10.0. The van der Waals surface area contributed by atoms with Crippen LogP contribution < -0.4 is 9.47 Å². The molecule has 2 aromatic rings. The summed E-state index contributed by atoms with van der Waals surface area (Å²) in [4.78, 5) is 11.7. The molecule has 0 radical (unpaired) electrons. The molecule has 4 heteroatoms. The highest BCUT2D eigenvalue weighted by atomic mass is 16.5. The maximum Gasteiger partial charge on any atom is 0.336 e. The van der Waals surface area contributed by atoms with Gasteiger partial charge >= 0.3 is 5.97 Å². The smallest absolute Gasteiger partial charge is 0.336 e. The number of rotatable bonds is 14. The standard InChI is InChI=1S/C26H34O4/c1-3-4-5-6-7-8-9-10-19-30-24-15-11-21(12-16-24)20-25(26(27)28)22-13-17-23(29-2)18-14-22/h11-18,20H,3-10,19H2,1-2H3,(H,27,28)/b25-20-. The van der Waals surface area contributed by atoms with Crippen molar-refractivity contribution in [1.29, 1.82) is 0 Å². The Morgan fingerprint density at radius 3 is 1.97 bits per heavy atom. The van der Waals surface area contributed by atoms with Crippen molar-refractivity contribution in [3.05, 3.63) is 59.7 Å². The van der Waals surface area contributed by atoms with Crippen LogP contribution in [-0.4, -0.2) is 24.8 Å². The van der Waals surface area contributed by atoms with Gasteiger partial charge in [-0.15, -0.1) is 0 Å². The molecule has 30 heavy (non-hydrogen) atoms. The van der Waals surface area contributed by atoms with Gasteiger partial charge in [0.1, 0.15) is 11.5 Å². The van der Waals surface area contributed by atoms with Crippen molar-refractivity contribution in [3.63, 3.8) is 0 Å². The fraction of sp³-hybridized carbons (Fsp3) is 0.423. The molecule has 2 aromatic carbocycles. The van der Waals surface area contributed by atoms with Crippen LogP contribution in [0.2, 0.25) is 0 Å². The summed E-state index contributed by atoms with van der Waals surface area (Å²) in [5.41, 5.74) is 1.70. The zero-order valence-electron chi connectivity index (χ0n) is 18.2. The van der Waals surface area contributed by atoms with Gasteiger partial charge in [-0.2, -0.15) is 0 Å². The molecule has 0 heterocycles. The lowest BCUT2D eigenvalue weighted by Gasteiger charge is -2.08. The Morgan fingerprint density at radius 2 is 1.40 bits per heavy atom. The Kier molecular flexibility index (Phi) is 10.6. The van der Waals surface area contributed by atoms with E-state index in [0.717, 1.165) is 24.3 Å².